The highest BCUT2D eigenvalue weighted by Crippen LogP contribution is 2.30. The summed E-state index contributed by atoms with van der Waals surface area (Å²) in [6.45, 7) is 6.08. The van der Waals surface area contributed by atoms with Crippen LogP contribution in [0.4, 0.5) is 4.79 Å². The van der Waals surface area contributed by atoms with Crippen LogP contribution in [0.2, 0.25) is 0 Å². The molecule has 0 aliphatic carbocycles. The molecule has 0 saturated carbocycles. The normalized spacial score (nSPS) is 11.7. The first-order valence-electron chi connectivity index (χ1n) is 5.79. The van der Waals surface area contributed by atoms with Crippen molar-refractivity contribution in [1.82, 2.24) is 10.2 Å². The molecule has 0 rings (SSSR count). The van der Waals surface area contributed by atoms with Gasteiger partial charge in [0.1, 0.15) is 6.54 Å². The molecule has 7 heteroatoms. The fraction of sp³-hybridized carbons (Fsp3) is 0.750. The molecular weight excluding hydrogens is 252 g/mol. The zero-order valence-corrected chi connectivity index (χ0v) is 12.2. The number of rotatable bonds is 5. The molecule has 0 unspecified atom stereocenters. The Morgan fingerprint density at radius 1 is 1.21 bits per heavy atom. The summed E-state index contributed by atoms with van der Waals surface area (Å²) in [6.07, 6.45) is 0. The third kappa shape index (κ3) is 4.11. The molecule has 0 aliphatic rings. The molecule has 0 spiro atoms. The van der Waals surface area contributed by atoms with Crippen LogP contribution >= 0.6 is 0 Å². The van der Waals surface area contributed by atoms with Crippen molar-refractivity contribution in [2.45, 2.75) is 33.2 Å². The van der Waals surface area contributed by atoms with E-state index in [0.29, 0.717) is 0 Å². The summed E-state index contributed by atoms with van der Waals surface area (Å²) < 4.78 is 4.45. The molecule has 0 aromatic carbocycles. The zero-order valence-electron chi connectivity index (χ0n) is 12.2. The highest BCUT2D eigenvalue weighted by molar-refractivity contribution is 5.82. The number of esters is 1. The van der Waals surface area contributed by atoms with E-state index in [1.54, 1.807) is 13.8 Å². The second-order valence-corrected chi connectivity index (χ2v) is 5.42. The molecule has 0 aromatic heterocycles. The Balaban J connectivity index is 4.80. The van der Waals surface area contributed by atoms with E-state index in [1.165, 1.54) is 28.0 Å². The SMILES string of the molecule is COC(=O)CN(C)C(=O)NC(C)(C)C(C)(C)C(=O)O. The number of urea groups is 1. The summed E-state index contributed by atoms with van der Waals surface area (Å²) in [5, 5.41) is 11.8. The number of hydrogen-bond donors (Lipinski definition) is 2. The van der Waals surface area contributed by atoms with Crippen LogP contribution in [0, 0.1) is 5.41 Å². The van der Waals surface area contributed by atoms with Crippen LogP contribution in [0.1, 0.15) is 27.7 Å². The Hall–Kier alpha value is -1.79. The Morgan fingerprint density at radius 2 is 1.68 bits per heavy atom. The number of nitrogens with one attached hydrogen (secondary N) is 1. The number of carbonyl (C=O) groups excluding carboxylic acids is 2. The monoisotopic (exact) mass is 274 g/mol. The molecule has 0 fully saturated rings. The second-order valence-electron chi connectivity index (χ2n) is 5.42. The lowest BCUT2D eigenvalue weighted by molar-refractivity contribution is -0.151. The van der Waals surface area contributed by atoms with Crippen LogP contribution < -0.4 is 5.32 Å². The minimum absolute atomic E-state index is 0.202. The predicted octanol–water partition coefficient (Wildman–Crippen LogP) is 0.690. The summed E-state index contributed by atoms with van der Waals surface area (Å²) in [6, 6.07) is -0.537. The number of carbonyl (C=O) groups is 3. The molecular formula is C12H22N2O5. The number of carboxylic acid groups (broad SMARTS) is 1. The van der Waals surface area contributed by atoms with Gasteiger partial charge in [0.05, 0.1) is 18.1 Å². The van der Waals surface area contributed by atoms with E-state index in [9.17, 15) is 19.5 Å². The number of likely N-dealkylation sites (N-methyl/N-ethyl adjacent to an activating group) is 1. The minimum Gasteiger partial charge on any atom is -0.481 e. The van der Waals surface area contributed by atoms with Gasteiger partial charge in [-0.25, -0.2) is 4.79 Å². The van der Waals surface area contributed by atoms with Gasteiger partial charge in [0.25, 0.3) is 0 Å². The maximum absolute atomic E-state index is 11.9. The molecule has 0 aliphatic heterocycles. The minimum atomic E-state index is -1.16. The van der Waals surface area contributed by atoms with Crippen molar-refractivity contribution >= 4 is 18.0 Å². The van der Waals surface area contributed by atoms with Gasteiger partial charge in [-0.3, -0.25) is 9.59 Å². The van der Waals surface area contributed by atoms with Gasteiger partial charge < -0.3 is 20.1 Å². The highest BCUT2D eigenvalue weighted by atomic mass is 16.5. The van der Waals surface area contributed by atoms with Crippen LogP contribution in [-0.2, 0) is 14.3 Å². The maximum atomic E-state index is 11.9. The Bertz CT molecular complexity index is 376. The van der Waals surface area contributed by atoms with Crippen LogP contribution in [0.3, 0.4) is 0 Å². The number of aliphatic carboxylic acids is 1. The first-order chi connectivity index (χ1) is 8.45. The van der Waals surface area contributed by atoms with E-state index in [-0.39, 0.29) is 6.54 Å². The average Bonchev–Trinajstić information content (AvgIpc) is 2.27. The topological polar surface area (TPSA) is 95.9 Å². The van der Waals surface area contributed by atoms with Crippen molar-refractivity contribution in [2.75, 3.05) is 20.7 Å². The summed E-state index contributed by atoms with van der Waals surface area (Å²) >= 11 is 0. The molecule has 0 radical (unpaired) electrons. The standard InChI is InChI=1S/C12H22N2O5/c1-11(2,9(16)17)12(3,4)13-10(18)14(5)7-8(15)19-6/h7H2,1-6H3,(H,13,18)(H,16,17). The first-order valence-corrected chi connectivity index (χ1v) is 5.79. The van der Waals surface area contributed by atoms with Gasteiger partial charge in [0.2, 0.25) is 0 Å². The third-order valence-corrected chi connectivity index (χ3v) is 3.46. The number of nitrogens with zero attached hydrogens (tertiary/aromatic N) is 1. The van der Waals surface area contributed by atoms with Crippen LogP contribution in [-0.4, -0.2) is 54.2 Å². The Kier molecular flexibility index (Phi) is 5.34. The molecule has 0 bridgehead atoms. The van der Waals surface area contributed by atoms with E-state index >= 15 is 0 Å². The fourth-order valence-corrected chi connectivity index (χ4v) is 1.12. The zero-order chi connectivity index (χ0) is 15.4. The van der Waals surface area contributed by atoms with Gasteiger partial charge in [0.15, 0.2) is 0 Å². The number of methoxy groups -OCH3 is 1. The summed E-state index contributed by atoms with van der Waals surface area (Å²) in [5.41, 5.74) is -2.14. The second kappa shape index (κ2) is 5.90. The molecule has 2 amide bonds. The largest absolute Gasteiger partial charge is 0.481 e. The molecule has 2 N–H and O–H groups in total. The molecule has 0 aromatic rings. The van der Waals surface area contributed by atoms with Crippen LogP contribution in [0.15, 0.2) is 0 Å². The third-order valence-electron chi connectivity index (χ3n) is 3.46. The van der Waals surface area contributed by atoms with Crippen molar-refractivity contribution < 1.29 is 24.2 Å². The van der Waals surface area contributed by atoms with E-state index in [1.807, 2.05) is 0 Å². The molecule has 0 heterocycles. The number of hydrogen-bond acceptors (Lipinski definition) is 4. The van der Waals surface area contributed by atoms with E-state index in [2.05, 4.69) is 10.1 Å². The van der Waals surface area contributed by atoms with Gasteiger partial charge in [-0.05, 0) is 27.7 Å². The maximum Gasteiger partial charge on any atom is 0.325 e. The summed E-state index contributed by atoms with van der Waals surface area (Å²) in [4.78, 5) is 35.3. The van der Waals surface area contributed by atoms with Crippen molar-refractivity contribution in [3.63, 3.8) is 0 Å². The van der Waals surface area contributed by atoms with Crippen molar-refractivity contribution in [1.29, 1.82) is 0 Å². The molecule has 7 nitrogen and oxygen atoms in total. The smallest absolute Gasteiger partial charge is 0.325 e. The average molecular weight is 274 g/mol. The molecule has 0 atom stereocenters. The van der Waals surface area contributed by atoms with Gasteiger partial charge in [-0.2, -0.15) is 0 Å². The lowest BCUT2D eigenvalue weighted by atomic mass is 9.74. The van der Waals surface area contributed by atoms with Crippen molar-refractivity contribution in [2.24, 2.45) is 5.41 Å². The van der Waals surface area contributed by atoms with Gasteiger partial charge in [-0.15, -0.1) is 0 Å². The van der Waals surface area contributed by atoms with E-state index in [4.69, 9.17) is 0 Å². The first kappa shape index (κ1) is 17.2. The van der Waals surface area contributed by atoms with Gasteiger partial charge >= 0.3 is 18.0 Å². The Morgan fingerprint density at radius 3 is 2.05 bits per heavy atom. The Labute approximate surface area is 112 Å². The quantitative estimate of drug-likeness (QED) is 0.719. The molecule has 110 valence electrons. The number of ether oxygens (including phenoxy) is 1. The number of amides is 2. The highest BCUT2D eigenvalue weighted by Gasteiger charge is 2.44. The lowest BCUT2D eigenvalue weighted by Crippen LogP contribution is -2.59. The predicted molar refractivity (Wildman–Crippen MR) is 68.7 cm³/mol. The van der Waals surface area contributed by atoms with Gasteiger partial charge in [-0.1, -0.05) is 0 Å². The van der Waals surface area contributed by atoms with E-state index < -0.39 is 28.9 Å². The van der Waals surface area contributed by atoms with Crippen LogP contribution in [0.25, 0.3) is 0 Å². The van der Waals surface area contributed by atoms with Crippen molar-refractivity contribution in [3.05, 3.63) is 0 Å². The summed E-state index contributed by atoms with van der Waals surface area (Å²) in [7, 11) is 2.65. The summed E-state index contributed by atoms with van der Waals surface area (Å²) in [5.74, 6) is -1.57. The number of carboxylic acids is 1. The lowest BCUT2D eigenvalue weighted by Gasteiger charge is -2.39. The van der Waals surface area contributed by atoms with Crippen LogP contribution in [0.5, 0.6) is 0 Å². The van der Waals surface area contributed by atoms with Crippen molar-refractivity contribution in [3.8, 4) is 0 Å². The fourth-order valence-electron chi connectivity index (χ4n) is 1.12. The molecule has 0 saturated heterocycles. The molecule has 19 heavy (non-hydrogen) atoms. The van der Waals surface area contributed by atoms with E-state index in [0.717, 1.165) is 4.90 Å². The van der Waals surface area contributed by atoms with Gasteiger partial charge in [0, 0.05) is 7.05 Å².